The molecule has 3 aromatic rings. The van der Waals surface area contributed by atoms with Crippen molar-refractivity contribution in [2.45, 2.75) is 30.3 Å². The molecule has 5 rings (SSSR count). The van der Waals surface area contributed by atoms with Gasteiger partial charge in [0.05, 0.1) is 17.0 Å². The molecule has 0 spiro atoms. The normalized spacial score (nSPS) is 24.2. The van der Waals surface area contributed by atoms with E-state index in [-0.39, 0.29) is 34.4 Å². The fourth-order valence-electron chi connectivity index (χ4n) is 4.86. The molecule has 0 radical (unpaired) electrons. The predicted octanol–water partition coefficient (Wildman–Crippen LogP) is 3.24. The summed E-state index contributed by atoms with van der Waals surface area (Å²) in [6.07, 6.45) is -1.77. The van der Waals surface area contributed by atoms with Crippen LogP contribution in [-0.4, -0.2) is 62.2 Å². The number of aromatic hydroxyl groups is 1. The number of carbonyl (C=O) groups excluding carboxylic acids is 2. The zero-order valence-electron chi connectivity index (χ0n) is 22.0. The molecule has 0 aromatic heterocycles. The summed E-state index contributed by atoms with van der Waals surface area (Å²) in [4.78, 5) is 37.5. The maximum atomic E-state index is 13.1. The first-order valence-electron chi connectivity index (χ1n) is 12.8. The second-order valence-corrected chi connectivity index (χ2v) is 9.71. The van der Waals surface area contributed by atoms with Gasteiger partial charge in [0.2, 0.25) is 0 Å². The Morgan fingerprint density at radius 3 is 2.40 bits per heavy atom. The third kappa shape index (κ3) is 5.11. The highest BCUT2D eigenvalue weighted by Gasteiger charge is 2.50. The molecule has 0 aliphatic heterocycles. The summed E-state index contributed by atoms with van der Waals surface area (Å²) in [5, 5.41) is 43.4. The van der Waals surface area contributed by atoms with E-state index in [4.69, 9.17) is 9.47 Å². The minimum absolute atomic E-state index is 0.0410. The van der Waals surface area contributed by atoms with Gasteiger partial charge >= 0.3 is 17.9 Å². The lowest BCUT2D eigenvalue weighted by Gasteiger charge is -2.28. The molecule has 9 heteroatoms. The number of fused-ring (bicyclic) bond motifs is 2. The Morgan fingerprint density at radius 2 is 1.67 bits per heavy atom. The van der Waals surface area contributed by atoms with E-state index in [2.05, 4.69) is 30.3 Å². The average Bonchev–Trinajstić information content (AvgIpc) is 3.24. The lowest BCUT2D eigenvalue weighted by Crippen LogP contribution is -2.45. The van der Waals surface area contributed by atoms with Crippen LogP contribution in [0.4, 0.5) is 0 Å². The van der Waals surface area contributed by atoms with Crippen molar-refractivity contribution >= 4 is 28.7 Å². The predicted molar refractivity (Wildman–Crippen MR) is 150 cm³/mol. The van der Waals surface area contributed by atoms with Gasteiger partial charge < -0.3 is 29.9 Å². The van der Waals surface area contributed by atoms with Crippen LogP contribution in [0, 0.1) is 29.6 Å². The Morgan fingerprint density at radius 1 is 0.952 bits per heavy atom. The van der Waals surface area contributed by atoms with E-state index in [0.717, 1.165) is 0 Å². The number of carboxylic acid groups (broad SMARTS) is 1. The van der Waals surface area contributed by atoms with Crippen LogP contribution in [0.1, 0.15) is 37.5 Å². The van der Waals surface area contributed by atoms with Gasteiger partial charge in [-0.15, -0.1) is 6.58 Å². The average molecular weight is 565 g/mol. The third-order valence-electron chi connectivity index (χ3n) is 7.12. The first kappa shape index (κ1) is 28.2. The number of hydrogen-bond acceptors (Lipinski definition) is 8. The molecule has 3 aromatic carbocycles. The summed E-state index contributed by atoms with van der Waals surface area (Å²) >= 11 is 0. The van der Waals surface area contributed by atoms with Crippen LogP contribution >= 0.6 is 0 Å². The van der Waals surface area contributed by atoms with Crippen molar-refractivity contribution in [2.75, 3.05) is 0 Å². The van der Waals surface area contributed by atoms with Gasteiger partial charge in [0.1, 0.15) is 23.0 Å². The summed E-state index contributed by atoms with van der Waals surface area (Å²) in [6.45, 7) is 3.72. The molecule has 0 heterocycles. The third-order valence-corrected chi connectivity index (χ3v) is 7.12. The smallest absolute Gasteiger partial charge is 0.343 e. The Kier molecular flexibility index (Phi) is 7.56. The van der Waals surface area contributed by atoms with Crippen LogP contribution in [-0.2, 0) is 9.47 Å². The van der Waals surface area contributed by atoms with E-state index in [0.29, 0.717) is 10.8 Å². The first-order chi connectivity index (χ1) is 20.1. The van der Waals surface area contributed by atoms with Crippen LogP contribution in [0.5, 0.6) is 5.75 Å². The maximum Gasteiger partial charge on any atom is 0.343 e. The molecule has 0 saturated heterocycles. The summed E-state index contributed by atoms with van der Waals surface area (Å²) in [5.41, 5.74) is -2.48. The number of phenolic OH excluding ortho intramolecular Hbond substituents is 1. The fourth-order valence-corrected chi connectivity index (χ4v) is 4.86. The van der Waals surface area contributed by atoms with Crippen molar-refractivity contribution in [1.29, 1.82) is 0 Å². The molecule has 42 heavy (non-hydrogen) atoms. The molecule has 0 bridgehead atoms. The topological polar surface area (TPSA) is 151 Å². The molecule has 0 saturated carbocycles. The highest BCUT2D eigenvalue weighted by molar-refractivity contribution is 6.07. The summed E-state index contributed by atoms with van der Waals surface area (Å²) in [5.74, 6) is 6.76. The Labute approximate surface area is 240 Å². The fraction of sp³-hybridized carbons (Fsp3) is 0.182. The number of ether oxygens (including phenoxy) is 2. The SMILES string of the molecule is C=C[C@@H]1C#CC2=C[C@@H](OC(=O)c3c(O)ccc4ccccc34)[C@H](O)[C@]2(O)CC#C[C@@H]1OC(=O)c1ccccc1C(=O)O. The molecular formula is C33H24O9. The highest BCUT2D eigenvalue weighted by atomic mass is 16.6. The van der Waals surface area contributed by atoms with Gasteiger partial charge in [-0.2, -0.15) is 0 Å². The zero-order valence-corrected chi connectivity index (χ0v) is 22.0. The van der Waals surface area contributed by atoms with Crippen molar-refractivity contribution in [3.05, 3.63) is 102 Å². The van der Waals surface area contributed by atoms with Crippen molar-refractivity contribution < 1.29 is 44.3 Å². The Hall–Kier alpha value is -5.35. The summed E-state index contributed by atoms with van der Waals surface area (Å²) in [7, 11) is 0. The van der Waals surface area contributed by atoms with Crippen molar-refractivity contribution in [3.63, 3.8) is 0 Å². The number of aromatic carboxylic acids is 1. The number of hydrogen-bond donors (Lipinski definition) is 4. The quantitative estimate of drug-likeness (QED) is 0.201. The van der Waals surface area contributed by atoms with E-state index in [1.54, 1.807) is 30.3 Å². The van der Waals surface area contributed by atoms with Gasteiger partial charge in [0.25, 0.3) is 0 Å². The second kappa shape index (κ2) is 11.3. The van der Waals surface area contributed by atoms with Gasteiger partial charge in [0.15, 0.2) is 12.2 Å². The molecule has 4 N–H and O–H groups in total. The number of esters is 2. The summed E-state index contributed by atoms with van der Waals surface area (Å²) in [6, 6.07) is 15.5. The monoisotopic (exact) mass is 564 g/mol. The van der Waals surface area contributed by atoms with Crippen molar-refractivity contribution in [1.82, 2.24) is 0 Å². The number of carboxylic acids is 1. The van der Waals surface area contributed by atoms with Crippen LogP contribution in [0.2, 0.25) is 0 Å². The molecule has 2 aliphatic rings. The number of aliphatic hydroxyl groups excluding tert-OH is 1. The molecule has 5 atom stereocenters. The summed E-state index contributed by atoms with van der Waals surface area (Å²) < 4.78 is 11.0. The van der Waals surface area contributed by atoms with E-state index < -0.39 is 47.7 Å². The van der Waals surface area contributed by atoms with Crippen molar-refractivity contribution in [3.8, 4) is 29.4 Å². The number of phenols is 1. The standard InChI is InChI=1S/C33H24O9/c1-2-19-13-15-21-18-27(42-32(39)28-22-9-4-3-8-20(22)14-16-25(28)34)29(35)33(21,40)17-7-12-26(19)41-31(38)24-11-6-5-10-23(24)30(36)37/h2-6,8-11,14,16,18-19,26-27,29,34-35,40H,1,17H2,(H,36,37)/t19-,26+,27-,29+,33+/m1/s1. The zero-order chi connectivity index (χ0) is 30.0. The van der Waals surface area contributed by atoms with E-state index in [1.165, 1.54) is 42.5 Å². The first-order valence-corrected chi connectivity index (χ1v) is 12.8. The van der Waals surface area contributed by atoms with Gasteiger partial charge in [-0.1, -0.05) is 72.2 Å². The largest absolute Gasteiger partial charge is 0.507 e. The number of rotatable bonds is 6. The molecule has 0 amide bonds. The maximum absolute atomic E-state index is 13.1. The van der Waals surface area contributed by atoms with Crippen LogP contribution in [0.3, 0.4) is 0 Å². The highest BCUT2D eigenvalue weighted by Crippen LogP contribution is 2.37. The number of carbonyl (C=O) groups is 3. The van der Waals surface area contributed by atoms with Crippen LogP contribution < -0.4 is 0 Å². The minimum Gasteiger partial charge on any atom is -0.507 e. The molecule has 9 nitrogen and oxygen atoms in total. The van der Waals surface area contributed by atoms with E-state index in [9.17, 15) is 34.8 Å². The van der Waals surface area contributed by atoms with E-state index in [1.807, 2.05) is 0 Å². The number of aliphatic hydroxyl groups is 2. The Balaban J connectivity index is 1.41. The molecule has 210 valence electrons. The van der Waals surface area contributed by atoms with Crippen molar-refractivity contribution in [2.24, 2.45) is 5.92 Å². The second-order valence-electron chi connectivity index (χ2n) is 9.71. The molecule has 2 aliphatic carbocycles. The van der Waals surface area contributed by atoms with Gasteiger partial charge in [-0.3, -0.25) is 0 Å². The molecule has 0 unspecified atom stereocenters. The van der Waals surface area contributed by atoms with Gasteiger partial charge in [-0.25, -0.2) is 14.4 Å². The van der Waals surface area contributed by atoms with Gasteiger partial charge in [-0.05, 0) is 35.0 Å². The molecular weight excluding hydrogens is 540 g/mol. The van der Waals surface area contributed by atoms with E-state index >= 15 is 0 Å². The lowest BCUT2D eigenvalue weighted by atomic mass is 9.89. The Bertz CT molecular complexity index is 1780. The van der Waals surface area contributed by atoms with Gasteiger partial charge in [0, 0.05) is 12.0 Å². The van der Waals surface area contributed by atoms with Crippen LogP contribution in [0.25, 0.3) is 10.8 Å². The molecule has 0 fully saturated rings. The number of benzene rings is 3. The van der Waals surface area contributed by atoms with Crippen LogP contribution in [0.15, 0.2) is 85.0 Å². The lowest BCUT2D eigenvalue weighted by molar-refractivity contribution is -0.0779. The minimum atomic E-state index is -2.02.